The molecule has 1 fully saturated rings. The van der Waals surface area contributed by atoms with Crippen LogP contribution in [0, 0.1) is 11.6 Å². The van der Waals surface area contributed by atoms with Crippen molar-refractivity contribution in [3.8, 4) is 11.4 Å². The molecule has 2 aromatic carbocycles. The molecule has 1 aromatic heterocycles. The van der Waals surface area contributed by atoms with Gasteiger partial charge in [-0.15, -0.1) is 10.2 Å². The molecule has 1 saturated carbocycles. The second-order valence-electron chi connectivity index (χ2n) is 7.06. The van der Waals surface area contributed by atoms with Gasteiger partial charge >= 0.3 is 0 Å². The van der Waals surface area contributed by atoms with E-state index in [-0.39, 0.29) is 17.5 Å². The average molecular weight is 449 g/mol. The van der Waals surface area contributed by atoms with Crippen molar-refractivity contribution in [2.45, 2.75) is 36.9 Å². The number of aromatic nitrogens is 3. The Morgan fingerprint density at radius 1 is 1.17 bits per heavy atom. The molecule has 9 heteroatoms. The Hall–Kier alpha value is -2.45. The van der Waals surface area contributed by atoms with Gasteiger partial charge in [0.25, 0.3) is 0 Å². The largest absolute Gasteiger partial charge is 0.323 e. The fourth-order valence-corrected chi connectivity index (χ4v) is 4.63. The lowest BCUT2D eigenvalue weighted by Crippen LogP contribution is -2.16. The molecule has 0 saturated heterocycles. The first kappa shape index (κ1) is 20.8. The summed E-state index contributed by atoms with van der Waals surface area (Å²) in [7, 11) is 0. The Morgan fingerprint density at radius 3 is 2.70 bits per heavy atom. The van der Waals surface area contributed by atoms with Gasteiger partial charge in [0.1, 0.15) is 11.6 Å². The van der Waals surface area contributed by atoms with E-state index in [4.69, 9.17) is 11.6 Å². The molecule has 4 rings (SSSR count). The number of hydrogen-bond acceptors (Lipinski definition) is 4. The number of hydrogen-bond donors (Lipinski definition) is 1. The maximum absolute atomic E-state index is 13.8. The highest BCUT2D eigenvalue weighted by molar-refractivity contribution is 7.99. The van der Waals surface area contributed by atoms with Gasteiger partial charge in [0.05, 0.1) is 16.5 Å². The van der Waals surface area contributed by atoms with E-state index in [2.05, 4.69) is 20.1 Å². The molecule has 0 aliphatic heterocycles. The normalized spacial score (nSPS) is 14.2. The Bertz CT molecular complexity index is 1070. The van der Waals surface area contributed by atoms with Crippen LogP contribution in [0.2, 0.25) is 5.02 Å². The summed E-state index contributed by atoms with van der Waals surface area (Å²) in [6.45, 7) is 0. The lowest BCUT2D eigenvalue weighted by atomic mass is 10.2. The molecular formula is C21H19ClF2N4OS. The molecule has 1 aliphatic rings. The monoisotopic (exact) mass is 448 g/mol. The minimum atomic E-state index is -0.690. The summed E-state index contributed by atoms with van der Waals surface area (Å²) in [4.78, 5) is 12.3. The molecule has 156 valence electrons. The smallest absolute Gasteiger partial charge is 0.234 e. The number of rotatable bonds is 6. The number of carbonyl (C=O) groups is 1. The molecule has 0 spiro atoms. The third kappa shape index (κ3) is 4.49. The Kier molecular flexibility index (Phi) is 6.34. The van der Waals surface area contributed by atoms with E-state index in [0.717, 1.165) is 49.4 Å². The molecule has 5 nitrogen and oxygen atoms in total. The van der Waals surface area contributed by atoms with E-state index in [1.165, 1.54) is 11.8 Å². The van der Waals surface area contributed by atoms with Gasteiger partial charge in [-0.3, -0.25) is 9.36 Å². The molecule has 1 N–H and O–H groups in total. The summed E-state index contributed by atoms with van der Waals surface area (Å²) in [5.74, 6) is -1.10. The van der Waals surface area contributed by atoms with Crippen molar-refractivity contribution in [2.75, 3.05) is 11.1 Å². The number of amides is 1. The van der Waals surface area contributed by atoms with Crippen LogP contribution in [0.3, 0.4) is 0 Å². The van der Waals surface area contributed by atoms with E-state index < -0.39 is 17.5 Å². The lowest BCUT2D eigenvalue weighted by molar-refractivity contribution is -0.113. The quantitative estimate of drug-likeness (QED) is 0.490. The second kappa shape index (κ2) is 9.14. The van der Waals surface area contributed by atoms with E-state index in [1.807, 2.05) is 18.2 Å². The number of anilines is 1. The van der Waals surface area contributed by atoms with Gasteiger partial charge in [0.2, 0.25) is 5.91 Å². The molecule has 0 atom stereocenters. The predicted octanol–water partition coefficient (Wildman–Crippen LogP) is 5.72. The van der Waals surface area contributed by atoms with Crippen molar-refractivity contribution in [3.63, 3.8) is 0 Å². The van der Waals surface area contributed by atoms with E-state index >= 15 is 0 Å². The Morgan fingerprint density at radius 2 is 1.93 bits per heavy atom. The summed E-state index contributed by atoms with van der Waals surface area (Å²) >= 11 is 7.58. The zero-order valence-corrected chi connectivity index (χ0v) is 17.5. The molecular weight excluding hydrogens is 430 g/mol. The highest BCUT2D eigenvalue weighted by atomic mass is 35.5. The van der Waals surface area contributed by atoms with Crippen LogP contribution in [0.5, 0.6) is 0 Å². The third-order valence-electron chi connectivity index (χ3n) is 5.00. The summed E-state index contributed by atoms with van der Waals surface area (Å²) < 4.78 is 29.1. The van der Waals surface area contributed by atoms with Crippen LogP contribution in [0.1, 0.15) is 31.7 Å². The topological polar surface area (TPSA) is 59.8 Å². The molecule has 1 heterocycles. The van der Waals surface area contributed by atoms with Crippen LogP contribution >= 0.6 is 23.4 Å². The van der Waals surface area contributed by atoms with Gasteiger partial charge in [-0.05, 0) is 37.1 Å². The molecule has 1 amide bonds. The molecule has 3 aromatic rings. The van der Waals surface area contributed by atoms with Crippen molar-refractivity contribution in [1.82, 2.24) is 14.8 Å². The predicted molar refractivity (Wildman–Crippen MR) is 114 cm³/mol. The van der Waals surface area contributed by atoms with Gasteiger partial charge in [-0.2, -0.15) is 0 Å². The fraction of sp³-hybridized carbons (Fsp3) is 0.286. The highest BCUT2D eigenvalue weighted by Gasteiger charge is 2.26. The minimum Gasteiger partial charge on any atom is -0.323 e. The summed E-state index contributed by atoms with van der Waals surface area (Å²) in [5, 5.41) is 12.2. The van der Waals surface area contributed by atoms with Crippen molar-refractivity contribution in [3.05, 3.63) is 59.1 Å². The molecule has 0 bridgehead atoms. The summed E-state index contributed by atoms with van der Waals surface area (Å²) in [5.41, 5.74) is 0.603. The standard InChI is InChI=1S/C21H19ClF2N4OS/c22-16-8-4-3-7-15(16)20-26-27-21(28(20)14-5-1-2-6-14)30-12-19(29)25-18-11-13(23)9-10-17(18)24/h3-4,7-11,14H,1-2,5-6,12H2,(H,25,29). The van der Waals surface area contributed by atoms with Gasteiger partial charge in [0, 0.05) is 17.7 Å². The van der Waals surface area contributed by atoms with Crippen LogP contribution in [0.15, 0.2) is 47.6 Å². The van der Waals surface area contributed by atoms with Crippen molar-refractivity contribution in [1.29, 1.82) is 0 Å². The van der Waals surface area contributed by atoms with Gasteiger partial charge in [-0.1, -0.05) is 48.3 Å². The zero-order valence-electron chi connectivity index (χ0n) is 15.9. The molecule has 0 radical (unpaired) electrons. The van der Waals surface area contributed by atoms with E-state index in [9.17, 15) is 13.6 Å². The summed E-state index contributed by atoms with van der Waals surface area (Å²) in [6.07, 6.45) is 4.25. The molecule has 1 aliphatic carbocycles. The zero-order chi connectivity index (χ0) is 21.1. The highest BCUT2D eigenvalue weighted by Crippen LogP contribution is 2.38. The van der Waals surface area contributed by atoms with Crippen LogP contribution in [-0.4, -0.2) is 26.4 Å². The Labute approximate surface area is 181 Å². The van der Waals surface area contributed by atoms with Gasteiger partial charge < -0.3 is 5.32 Å². The van der Waals surface area contributed by atoms with E-state index in [1.54, 1.807) is 6.07 Å². The van der Waals surface area contributed by atoms with Gasteiger partial charge in [0.15, 0.2) is 11.0 Å². The van der Waals surface area contributed by atoms with Crippen molar-refractivity contribution in [2.24, 2.45) is 0 Å². The maximum Gasteiger partial charge on any atom is 0.234 e. The van der Waals surface area contributed by atoms with Crippen LogP contribution in [0.25, 0.3) is 11.4 Å². The number of halogens is 3. The van der Waals surface area contributed by atoms with E-state index in [0.29, 0.717) is 16.0 Å². The number of benzene rings is 2. The second-order valence-corrected chi connectivity index (χ2v) is 8.41. The Balaban J connectivity index is 1.55. The first-order chi connectivity index (χ1) is 14.5. The number of nitrogens with zero attached hydrogens (tertiary/aromatic N) is 3. The average Bonchev–Trinajstić information content (AvgIpc) is 3.39. The van der Waals surface area contributed by atoms with Crippen molar-refractivity contribution >= 4 is 35.0 Å². The molecule has 30 heavy (non-hydrogen) atoms. The number of nitrogens with one attached hydrogen (secondary N) is 1. The van der Waals surface area contributed by atoms with Crippen LogP contribution in [-0.2, 0) is 4.79 Å². The SMILES string of the molecule is O=C(CSc1nnc(-c2ccccc2Cl)n1C1CCCC1)Nc1cc(F)ccc1F. The maximum atomic E-state index is 13.8. The fourth-order valence-electron chi connectivity index (χ4n) is 3.60. The van der Waals surface area contributed by atoms with Crippen molar-refractivity contribution < 1.29 is 13.6 Å². The minimum absolute atomic E-state index is 0.0106. The lowest BCUT2D eigenvalue weighted by Gasteiger charge is -2.17. The summed E-state index contributed by atoms with van der Waals surface area (Å²) in [6, 6.07) is 10.6. The van der Waals surface area contributed by atoms with Gasteiger partial charge in [-0.25, -0.2) is 8.78 Å². The van der Waals surface area contributed by atoms with Crippen LogP contribution in [0.4, 0.5) is 14.5 Å². The number of carbonyl (C=O) groups excluding carboxylic acids is 1. The third-order valence-corrected chi connectivity index (χ3v) is 6.28. The first-order valence-corrected chi connectivity index (χ1v) is 11.0. The van der Waals surface area contributed by atoms with Crippen LogP contribution < -0.4 is 5.32 Å². The molecule has 0 unspecified atom stereocenters. The number of thioether (sulfide) groups is 1. The first-order valence-electron chi connectivity index (χ1n) is 9.60.